The summed E-state index contributed by atoms with van der Waals surface area (Å²) < 4.78 is 4.74. The Kier molecular flexibility index (Phi) is 3.53. The molecule has 0 aliphatic heterocycles. The summed E-state index contributed by atoms with van der Waals surface area (Å²) in [4.78, 5) is 15.7. The van der Waals surface area contributed by atoms with Crippen LogP contribution >= 0.6 is 12.6 Å². The van der Waals surface area contributed by atoms with Gasteiger partial charge in [-0.15, -0.1) is 12.6 Å². The van der Waals surface area contributed by atoms with Gasteiger partial charge in [-0.3, -0.25) is 0 Å². The first-order valence-corrected chi connectivity index (χ1v) is 5.71. The van der Waals surface area contributed by atoms with Crippen LogP contribution in [0.1, 0.15) is 10.4 Å². The molecule has 0 amide bonds. The summed E-state index contributed by atoms with van der Waals surface area (Å²) >= 11 is 4.18. The number of hydrogen-bond donors (Lipinski definition) is 2. The molecule has 0 unspecified atom stereocenters. The minimum absolute atomic E-state index is 0.119. The van der Waals surface area contributed by atoms with Gasteiger partial charge in [0.25, 0.3) is 0 Å². The van der Waals surface area contributed by atoms with Gasteiger partial charge in [0.15, 0.2) is 0 Å². The molecule has 1 aromatic heterocycles. The van der Waals surface area contributed by atoms with Crippen LogP contribution in [0.2, 0.25) is 0 Å². The minimum atomic E-state index is -0.507. The molecule has 92 valence electrons. The predicted molar refractivity (Wildman–Crippen MR) is 72.7 cm³/mol. The van der Waals surface area contributed by atoms with Crippen LogP contribution < -0.4 is 5.73 Å². The fourth-order valence-corrected chi connectivity index (χ4v) is 1.95. The predicted octanol–water partition coefficient (Wildman–Crippen LogP) is 2.41. The van der Waals surface area contributed by atoms with Gasteiger partial charge < -0.3 is 10.5 Å². The van der Waals surface area contributed by atoms with Gasteiger partial charge in [0.1, 0.15) is 11.4 Å². The van der Waals surface area contributed by atoms with Crippen molar-refractivity contribution in [2.75, 3.05) is 12.8 Å². The molecule has 1 aromatic carbocycles. The maximum absolute atomic E-state index is 11.8. The molecule has 2 N–H and O–H groups in total. The number of carbonyl (C=O) groups excluding carboxylic acids is 1. The molecule has 0 atom stereocenters. The van der Waals surface area contributed by atoms with Crippen molar-refractivity contribution in [3.63, 3.8) is 0 Å². The van der Waals surface area contributed by atoms with E-state index >= 15 is 0 Å². The van der Waals surface area contributed by atoms with Crippen molar-refractivity contribution in [3.8, 4) is 11.1 Å². The highest BCUT2D eigenvalue weighted by Gasteiger charge is 2.18. The van der Waals surface area contributed by atoms with Gasteiger partial charge in [-0.25, -0.2) is 9.78 Å². The molecule has 0 spiro atoms. The lowest BCUT2D eigenvalue weighted by molar-refractivity contribution is 0.0602. The Morgan fingerprint density at radius 2 is 2.00 bits per heavy atom. The Morgan fingerprint density at radius 3 is 2.61 bits per heavy atom. The zero-order valence-corrected chi connectivity index (χ0v) is 10.6. The van der Waals surface area contributed by atoms with Crippen LogP contribution in [-0.2, 0) is 4.74 Å². The summed E-state index contributed by atoms with van der Waals surface area (Å²) in [5, 5.41) is 0.457. The lowest BCUT2D eigenvalue weighted by atomic mass is 10.0. The highest BCUT2D eigenvalue weighted by molar-refractivity contribution is 7.80. The maximum Gasteiger partial charge on any atom is 0.342 e. The van der Waals surface area contributed by atoms with Gasteiger partial charge in [0.2, 0.25) is 0 Å². The van der Waals surface area contributed by atoms with Crippen LogP contribution in [0.4, 0.5) is 5.82 Å². The monoisotopic (exact) mass is 260 g/mol. The Bertz CT molecular complexity index is 585. The van der Waals surface area contributed by atoms with E-state index in [0.717, 1.165) is 5.56 Å². The largest absolute Gasteiger partial charge is 0.465 e. The van der Waals surface area contributed by atoms with E-state index in [-0.39, 0.29) is 11.4 Å². The van der Waals surface area contributed by atoms with Crippen LogP contribution in [0.15, 0.2) is 41.4 Å². The molecule has 0 saturated heterocycles. The number of pyridine rings is 1. The van der Waals surface area contributed by atoms with Gasteiger partial charge in [-0.1, -0.05) is 30.3 Å². The smallest absolute Gasteiger partial charge is 0.342 e. The summed E-state index contributed by atoms with van der Waals surface area (Å²) in [5.41, 5.74) is 7.57. The highest BCUT2D eigenvalue weighted by atomic mass is 32.1. The standard InChI is InChI=1S/C13H12N2O2S/c1-17-13(16)11-9(7-10(18)15-12(11)14)8-5-3-2-4-6-8/h2-7H,1H3,(H3,14,15,18). The third-order valence-corrected chi connectivity index (χ3v) is 2.74. The third kappa shape index (κ3) is 2.31. The summed E-state index contributed by atoms with van der Waals surface area (Å²) in [6.45, 7) is 0. The second-order valence-electron chi connectivity index (χ2n) is 3.65. The van der Waals surface area contributed by atoms with Gasteiger partial charge >= 0.3 is 5.97 Å². The van der Waals surface area contributed by atoms with Crippen LogP contribution in [0.3, 0.4) is 0 Å². The molecule has 5 heteroatoms. The number of anilines is 1. The van der Waals surface area contributed by atoms with Crippen LogP contribution in [0.5, 0.6) is 0 Å². The summed E-state index contributed by atoms with van der Waals surface area (Å²) in [7, 11) is 1.31. The van der Waals surface area contributed by atoms with Crippen molar-refractivity contribution in [2.24, 2.45) is 0 Å². The van der Waals surface area contributed by atoms with Crippen molar-refractivity contribution in [3.05, 3.63) is 42.0 Å². The molecule has 1 heterocycles. The molecule has 4 nitrogen and oxygen atoms in total. The topological polar surface area (TPSA) is 65.2 Å². The third-order valence-electron chi connectivity index (χ3n) is 2.51. The Morgan fingerprint density at radius 1 is 1.33 bits per heavy atom. The van der Waals surface area contributed by atoms with E-state index in [1.807, 2.05) is 30.3 Å². The SMILES string of the molecule is COC(=O)c1c(-c2ccccc2)cc(S)nc1N. The Balaban J connectivity index is 2.69. The van der Waals surface area contributed by atoms with Crippen molar-refractivity contribution in [1.29, 1.82) is 0 Å². The van der Waals surface area contributed by atoms with E-state index in [1.165, 1.54) is 7.11 Å². The highest BCUT2D eigenvalue weighted by Crippen LogP contribution is 2.29. The molecule has 18 heavy (non-hydrogen) atoms. The quantitative estimate of drug-likeness (QED) is 0.643. The molecule has 0 bridgehead atoms. The normalized spacial score (nSPS) is 10.1. The van der Waals surface area contributed by atoms with Crippen molar-refractivity contribution < 1.29 is 9.53 Å². The average Bonchev–Trinajstić information content (AvgIpc) is 2.38. The molecule has 0 fully saturated rings. The lowest BCUT2D eigenvalue weighted by Gasteiger charge is -2.11. The minimum Gasteiger partial charge on any atom is -0.465 e. The van der Waals surface area contributed by atoms with Crippen molar-refractivity contribution >= 4 is 24.4 Å². The average molecular weight is 260 g/mol. The van der Waals surface area contributed by atoms with Gasteiger partial charge in [-0.05, 0) is 11.6 Å². The number of methoxy groups -OCH3 is 1. The number of hydrogen-bond acceptors (Lipinski definition) is 5. The number of ether oxygens (including phenoxy) is 1. The number of nitrogens with zero attached hydrogens (tertiary/aromatic N) is 1. The number of nitrogen functional groups attached to an aromatic ring is 1. The Labute approximate surface area is 110 Å². The van der Waals surface area contributed by atoms with E-state index in [0.29, 0.717) is 10.6 Å². The molecule has 2 aromatic rings. The first-order valence-electron chi connectivity index (χ1n) is 5.26. The molecule has 0 aliphatic carbocycles. The molecular weight excluding hydrogens is 248 g/mol. The van der Waals surface area contributed by atoms with E-state index < -0.39 is 5.97 Å². The van der Waals surface area contributed by atoms with Crippen LogP contribution in [0.25, 0.3) is 11.1 Å². The number of aromatic nitrogens is 1. The van der Waals surface area contributed by atoms with Crippen LogP contribution in [-0.4, -0.2) is 18.1 Å². The van der Waals surface area contributed by atoms with Crippen molar-refractivity contribution in [2.45, 2.75) is 5.03 Å². The van der Waals surface area contributed by atoms with E-state index in [9.17, 15) is 4.79 Å². The number of esters is 1. The van der Waals surface area contributed by atoms with Crippen LogP contribution in [0, 0.1) is 0 Å². The lowest BCUT2D eigenvalue weighted by Crippen LogP contribution is -2.09. The molecule has 0 aliphatic rings. The Hall–Kier alpha value is -2.01. The molecular formula is C13H12N2O2S. The van der Waals surface area contributed by atoms with Gasteiger partial charge in [0.05, 0.1) is 12.1 Å². The number of thiol groups is 1. The zero-order chi connectivity index (χ0) is 13.1. The maximum atomic E-state index is 11.8. The molecule has 0 saturated carbocycles. The second-order valence-corrected chi connectivity index (χ2v) is 4.10. The molecule has 0 radical (unpaired) electrons. The van der Waals surface area contributed by atoms with E-state index in [1.54, 1.807) is 6.07 Å². The number of carbonyl (C=O) groups is 1. The first kappa shape index (κ1) is 12.4. The molecule has 2 rings (SSSR count). The fourth-order valence-electron chi connectivity index (χ4n) is 1.71. The first-order chi connectivity index (χ1) is 8.63. The fraction of sp³-hybridized carbons (Fsp3) is 0.0769. The number of nitrogens with two attached hydrogens (primary N) is 1. The second kappa shape index (κ2) is 5.10. The van der Waals surface area contributed by atoms with E-state index in [4.69, 9.17) is 10.5 Å². The number of rotatable bonds is 2. The zero-order valence-electron chi connectivity index (χ0n) is 9.75. The number of benzene rings is 1. The summed E-state index contributed by atoms with van der Waals surface area (Å²) in [5.74, 6) is -0.389. The van der Waals surface area contributed by atoms with Crippen molar-refractivity contribution in [1.82, 2.24) is 4.98 Å². The summed E-state index contributed by atoms with van der Waals surface area (Å²) in [6, 6.07) is 11.1. The van der Waals surface area contributed by atoms with Gasteiger partial charge in [0, 0.05) is 5.56 Å². The summed E-state index contributed by atoms with van der Waals surface area (Å²) in [6.07, 6.45) is 0. The van der Waals surface area contributed by atoms with E-state index in [2.05, 4.69) is 17.6 Å². The van der Waals surface area contributed by atoms with Gasteiger partial charge in [-0.2, -0.15) is 0 Å².